The second-order valence-corrected chi connectivity index (χ2v) is 6.95. The van der Waals surface area contributed by atoms with E-state index in [4.69, 9.17) is 5.73 Å². The zero-order valence-electron chi connectivity index (χ0n) is 12.5. The Morgan fingerprint density at radius 2 is 2.00 bits per heavy atom. The van der Waals surface area contributed by atoms with Crippen molar-refractivity contribution in [1.82, 2.24) is 4.90 Å². The van der Waals surface area contributed by atoms with Crippen LogP contribution < -0.4 is 5.73 Å². The fraction of sp³-hybridized carbons (Fsp3) is 1.00. The third-order valence-corrected chi connectivity index (χ3v) is 5.11. The summed E-state index contributed by atoms with van der Waals surface area (Å²) in [6.07, 6.45) is 12.1. The first-order valence-electron chi connectivity index (χ1n) is 8.16. The zero-order chi connectivity index (χ0) is 13.0. The molecule has 2 heteroatoms. The standard InChI is InChI=1S/C16H32N2/c1-3-15-9-5-4-6-11-18(15)13-16(17)10-7-8-14(2)12-16/h14-15H,3-13,17H2,1-2H3. The molecule has 3 atom stereocenters. The summed E-state index contributed by atoms with van der Waals surface area (Å²) in [7, 11) is 0. The molecule has 1 aliphatic carbocycles. The molecule has 1 saturated carbocycles. The van der Waals surface area contributed by atoms with Crippen LogP contribution in [0.2, 0.25) is 0 Å². The van der Waals surface area contributed by atoms with Crippen molar-refractivity contribution < 1.29 is 0 Å². The van der Waals surface area contributed by atoms with Crippen molar-refractivity contribution in [2.24, 2.45) is 11.7 Å². The summed E-state index contributed by atoms with van der Waals surface area (Å²) in [6, 6.07) is 0.796. The Kier molecular flexibility index (Phi) is 5.08. The summed E-state index contributed by atoms with van der Waals surface area (Å²) in [4.78, 5) is 2.73. The van der Waals surface area contributed by atoms with Gasteiger partial charge in [-0.05, 0) is 44.6 Å². The lowest BCUT2D eigenvalue weighted by Gasteiger charge is -2.42. The molecule has 0 amide bonds. The van der Waals surface area contributed by atoms with Crippen molar-refractivity contribution >= 4 is 0 Å². The molecule has 2 rings (SSSR count). The van der Waals surface area contributed by atoms with Crippen LogP contribution in [0.4, 0.5) is 0 Å². The first-order chi connectivity index (χ1) is 8.63. The van der Waals surface area contributed by atoms with Crippen molar-refractivity contribution in [3.8, 4) is 0 Å². The Bertz CT molecular complexity index is 253. The molecule has 2 nitrogen and oxygen atoms in total. The Morgan fingerprint density at radius 3 is 2.72 bits per heavy atom. The number of hydrogen-bond donors (Lipinski definition) is 1. The van der Waals surface area contributed by atoms with Gasteiger partial charge in [0.2, 0.25) is 0 Å². The molecule has 1 aliphatic heterocycles. The average Bonchev–Trinajstić information content (AvgIpc) is 2.53. The monoisotopic (exact) mass is 252 g/mol. The lowest BCUT2D eigenvalue weighted by Crippen LogP contribution is -2.54. The van der Waals surface area contributed by atoms with Crippen LogP contribution in [0.25, 0.3) is 0 Å². The van der Waals surface area contributed by atoms with E-state index in [-0.39, 0.29) is 5.54 Å². The van der Waals surface area contributed by atoms with Gasteiger partial charge in [-0.1, -0.05) is 39.5 Å². The van der Waals surface area contributed by atoms with Gasteiger partial charge < -0.3 is 5.73 Å². The highest BCUT2D eigenvalue weighted by Gasteiger charge is 2.34. The Morgan fingerprint density at radius 1 is 1.17 bits per heavy atom. The van der Waals surface area contributed by atoms with E-state index in [2.05, 4.69) is 18.7 Å². The van der Waals surface area contributed by atoms with Crippen molar-refractivity contribution in [3.63, 3.8) is 0 Å². The molecule has 18 heavy (non-hydrogen) atoms. The lowest BCUT2D eigenvalue weighted by atomic mass is 9.76. The first kappa shape index (κ1) is 14.3. The number of likely N-dealkylation sites (tertiary alicyclic amines) is 1. The van der Waals surface area contributed by atoms with E-state index in [0.29, 0.717) is 0 Å². The van der Waals surface area contributed by atoms with Gasteiger partial charge in [0.1, 0.15) is 0 Å². The maximum atomic E-state index is 6.71. The van der Waals surface area contributed by atoms with Crippen molar-refractivity contribution in [2.75, 3.05) is 13.1 Å². The van der Waals surface area contributed by atoms with Crippen LogP contribution in [0.15, 0.2) is 0 Å². The largest absolute Gasteiger partial charge is 0.324 e. The number of rotatable bonds is 3. The van der Waals surface area contributed by atoms with Crippen LogP contribution in [0.3, 0.4) is 0 Å². The lowest BCUT2D eigenvalue weighted by molar-refractivity contribution is 0.114. The summed E-state index contributed by atoms with van der Waals surface area (Å²) in [5.74, 6) is 0.829. The molecule has 0 bridgehead atoms. The van der Waals surface area contributed by atoms with E-state index in [0.717, 1.165) is 18.5 Å². The molecule has 2 N–H and O–H groups in total. The van der Waals surface area contributed by atoms with Gasteiger partial charge in [0.15, 0.2) is 0 Å². The SMILES string of the molecule is CCC1CCCCCN1CC1(N)CCCC(C)C1. The molecule has 0 radical (unpaired) electrons. The van der Waals surface area contributed by atoms with Crippen LogP contribution in [0, 0.1) is 5.92 Å². The van der Waals surface area contributed by atoms with Crippen LogP contribution >= 0.6 is 0 Å². The predicted molar refractivity (Wildman–Crippen MR) is 78.7 cm³/mol. The summed E-state index contributed by atoms with van der Waals surface area (Å²) < 4.78 is 0. The van der Waals surface area contributed by atoms with Gasteiger partial charge in [-0.25, -0.2) is 0 Å². The maximum Gasteiger partial charge on any atom is 0.0286 e. The van der Waals surface area contributed by atoms with Gasteiger partial charge in [-0.15, -0.1) is 0 Å². The van der Waals surface area contributed by atoms with Crippen LogP contribution in [-0.4, -0.2) is 29.6 Å². The molecule has 1 heterocycles. The molecule has 106 valence electrons. The summed E-state index contributed by atoms with van der Waals surface area (Å²) in [6.45, 7) is 7.15. The second-order valence-electron chi connectivity index (χ2n) is 6.95. The zero-order valence-corrected chi connectivity index (χ0v) is 12.5. The summed E-state index contributed by atoms with van der Waals surface area (Å²) in [5.41, 5.74) is 6.81. The summed E-state index contributed by atoms with van der Waals surface area (Å²) >= 11 is 0. The fourth-order valence-electron chi connectivity index (χ4n) is 4.16. The maximum absolute atomic E-state index is 6.71. The highest BCUT2D eigenvalue weighted by molar-refractivity contribution is 4.94. The van der Waals surface area contributed by atoms with Crippen LogP contribution in [0.5, 0.6) is 0 Å². The minimum Gasteiger partial charge on any atom is -0.324 e. The van der Waals surface area contributed by atoms with Gasteiger partial charge in [0.05, 0.1) is 0 Å². The minimum absolute atomic E-state index is 0.107. The average molecular weight is 252 g/mol. The third-order valence-electron chi connectivity index (χ3n) is 5.11. The molecule has 0 aromatic carbocycles. The van der Waals surface area contributed by atoms with Crippen molar-refractivity contribution in [3.05, 3.63) is 0 Å². The normalized spacial score (nSPS) is 39.5. The molecule has 2 aliphatic rings. The highest BCUT2D eigenvalue weighted by Crippen LogP contribution is 2.32. The van der Waals surface area contributed by atoms with Gasteiger partial charge in [0, 0.05) is 18.1 Å². The highest BCUT2D eigenvalue weighted by atomic mass is 15.2. The topological polar surface area (TPSA) is 29.3 Å². The molecule has 2 fully saturated rings. The fourth-order valence-corrected chi connectivity index (χ4v) is 4.16. The first-order valence-corrected chi connectivity index (χ1v) is 8.16. The van der Waals surface area contributed by atoms with Gasteiger partial charge in [0.25, 0.3) is 0 Å². The number of hydrogen-bond acceptors (Lipinski definition) is 2. The second kappa shape index (κ2) is 6.38. The molecule has 0 aromatic rings. The Balaban J connectivity index is 1.96. The predicted octanol–water partition coefficient (Wildman–Crippen LogP) is 3.55. The minimum atomic E-state index is 0.107. The quantitative estimate of drug-likeness (QED) is 0.832. The number of nitrogens with two attached hydrogens (primary N) is 1. The molecule has 0 spiro atoms. The molecule has 1 saturated heterocycles. The van der Waals surface area contributed by atoms with Gasteiger partial charge in [-0.2, -0.15) is 0 Å². The van der Waals surface area contributed by atoms with Gasteiger partial charge in [-0.3, -0.25) is 4.90 Å². The Labute approximate surface area is 113 Å². The molecule has 3 unspecified atom stereocenters. The summed E-state index contributed by atoms with van der Waals surface area (Å²) in [5, 5.41) is 0. The van der Waals surface area contributed by atoms with E-state index in [1.54, 1.807) is 0 Å². The third kappa shape index (κ3) is 3.71. The molecular weight excluding hydrogens is 220 g/mol. The molecular formula is C16H32N2. The van der Waals surface area contributed by atoms with Crippen molar-refractivity contribution in [1.29, 1.82) is 0 Å². The van der Waals surface area contributed by atoms with E-state index < -0.39 is 0 Å². The van der Waals surface area contributed by atoms with E-state index in [9.17, 15) is 0 Å². The van der Waals surface area contributed by atoms with Crippen LogP contribution in [0.1, 0.15) is 71.6 Å². The molecule has 0 aromatic heterocycles. The Hall–Kier alpha value is -0.0800. The van der Waals surface area contributed by atoms with E-state index in [1.165, 1.54) is 64.3 Å². The van der Waals surface area contributed by atoms with Crippen LogP contribution in [-0.2, 0) is 0 Å². The van der Waals surface area contributed by atoms with E-state index in [1.807, 2.05) is 0 Å². The van der Waals surface area contributed by atoms with E-state index >= 15 is 0 Å². The van der Waals surface area contributed by atoms with Crippen molar-refractivity contribution in [2.45, 2.75) is 83.2 Å². The van der Waals surface area contributed by atoms with Gasteiger partial charge >= 0.3 is 0 Å². The smallest absolute Gasteiger partial charge is 0.0286 e. The number of nitrogens with zero attached hydrogens (tertiary/aromatic N) is 1.